The molecule has 1 aliphatic rings. The quantitative estimate of drug-likeness (QED) is 0.941. The van der Waals surface area contributed by atoms with Gasteiger partial charge in [0.2, 0.25) is 0 Å². The summed E-state index contributed by atoms with van der Waals surface area (Å²) in [5, 5.41) is 0.413. The fourth-order valence-electron chi connectivity index (χ4n) is 2.52. The van der Waals surface area contributed by atoms with Gasteiger partial charge in [0.15, 0.2) is 0 Å². The first-order chi connectivity index (χ1) is 9.63. The second kappa shape index (κ2) is 5.43. The Hall–Kier alpha value is -1.58. The lowest BCUT2D eigenvalue weighted by Crippen LogP contribution is -2.39. The van der Waals surface area contributed by atoms with Crippen molar-refractivity contribution in [3.05, 3.63) is 64.4 Å². The monoisotopic (exact) mass is 291 g/mol. The smallest absolute Gasteiger partial charge is 0.124 e. The van der Waals surface area contributed by atoms with Crippen molar-refractivity contribution >= 4 is 11.6 Å². The molecule has 104 valence electrons. The zero-order valence-electron chi connectivity index (χ0n) is 10.9. The molecule has 0 saturated heterocycles. The van der Waals surface area contributed by atoms with E-state index in [4.69, 9.17) is 22.1 Å². The Morgan fingerprint density at radius 3 is 2.85 bits per heavy atom. The molecule has 1 heterocycles. The van der Waals surface area contributed by atoms with Gasteiger partial charge in [-0.2, -0.15) is 0 Å². The maximum Gasteiger partial charge on any atom is 0.124 e. The van der Waals surface area contributed by atoms with E-state index < -0.39 is 0 Å². The highest BCUT2D eigenvalue weighted by Gasteiger charge is 2.28. The predicted molar refractivity (Wildman–Crippen MR) is 77.7 cm³/mol. The van der Waals surface area contributed by atoms with E-state index in [9.17, 15) is 4.39 Å². The summed E-state index contributed by atoms with van der Waals surface area (Å²) in [6.45, 7) is 0. The van der Waals surface area contributed by atoms with Crippen LogP contribution < -0.4 is 10.5 Å². The molecule has 3 rings (SSSR count). The van der Waals surface area contributed by atoms with Crippen LogP contribution in [0.15, 0.2) is 42.5 Å². The molecule has 1 aliphatic heterocycles. The fourth-order valence-corrected chi connectivity index (χ4v) is 2.76. The highest BCUT2D eigenvalue weighted by molar-refractivity contribution is 6.31. The molecule has 0 aliphatic carbocycles. The van der Waals surface area contributed by atoms with Crippen molar-refractivity contribution in [3.8, 4) is 5.75 Å². The van der Waals surface area contributed by atoms with Gasteiger partial charge in [-0.15, -0.1) is 0 Å². The molecule has 2 aromatic carbocycles. The molecule has 2 N–H and O–H groups in total. The maximum absolute atomic E-state index is 13.0. The molecular weight excluding hydrogens is 277 g/mol. The number of benzene rings is 2. The van der Waals surface area contributed by atoms with Crippen LogP contribution in [0.4, 0.5) is 4.39 Å². The van der Waals surface area contributed by atoms with E-state index in [1.54, 1.807) is 6.07 Å². The molecule has 20 heavy (non-hydrogen) atoms. The summed E-state index contributed by atoms with van der Waals surface area (Å²) < 4.78 is 18.9. The Morgan fingerprint density at radius 2 is 2.10 bits per heavy atom. The molecule has 0 fully saturated rings. The topological polar surface area (TPSA) is 35.2 Å². The minimum absolute atomic E-state index is 0.0616. The third-order valence-corrected chi connectivity index (χ3v) is 3.97. The van der Waals surface area contributed by atoms with Gasteiger partial charge in [-0.25, -0.2) is 4.39 Å². The van der Waals surface area contributed by atoms with E-state index in [1.807, 2.05) is 24.3 Å². The van der Waals surface area contributed by atoms with Gasteiger partial charge in [-0.3, -0.25) is 0 Å². The zero-order chi connectivity index (χ0) is 14.1. The van der Waals surface area contributed by atoms with Crippen molar-refractivity contribution in [1.29, 1.82) is 0 Å². The minimum Gasteiger partial charge on any atom is -0.488 e. The Morgan fingerprint density at radius 1 is 1.30 bits per heavy atom. The lowest BCUT2D eigenvalue weighted by molar-refractivity contribution is 0.198. The molecule has 0 aromatic heterocycles. The van der Waals surface area contributed by atoms with Crippen LogP contribution in [-0.2, 0) is 12.8 Å². The first-order valence-electron chi connectivity index (χ1n) is 6.57. The molecule has 0 amide bonds. The number of fused-ring (bicyclic) bond motifs is 1. The van der Waals surface area contributed by atoms with Crippen LogP contribution in [0.2, 0.25) is 5.02 Å². The number of para-hydroxylation sites is 1. The van der Waals surface area contributed by atoms with Gasteiger partial charge in [0, 0.05) is 17.5 Å². The molecule has 0 spiro atoms. The SMILES string of the molecule is NC(Cc1ccc(F)cc1Cl)C1Cc2ccccc2O1. The fraction of sp³-hybridized carbons (Fsp3) is 0.250. The van der Waals surface area contributed by atoms with E-state index in [-0.39, 0.29) is 18.0 Å². The summed E-state index contributed by atoms with van der Waals surface area (Å²) >= 11 is 6.03. The van der Waals surface area contributed by atoms with Gasteiger partial charge in [-0.05, 0) is 35.7 Å². The summed E-state index contributed by atoms with van der Waals surface area (Å²) in [5.74, 6) is 0.565. The van der Waals surface area contributed by atoms with Gasteiger partial charge >= 0.3 is 0 Å². The zero-order valence-corrected chi connectivity index (χ0v) is 11.6. The standard InChI is InChI=1S/C16H15ClFNO/c17-13-9-12(18)6-5-10(13)7-14(19)16-8-11-3-1-2-4-15(11)20-16/h1-6,9,14,16H,7-8,19H2. The van der Waals surface area contributed by atoms with E-state index >= 15 is 0 Å². The molecule has 4 heteroatoms. The van der Waals surface area contributed by atoms with Gasteiger partial charge in [0.05, 0.1) is 0 Å². The molecular formula is C16H15ClFNO. The third-order valence-electron chi connectivity index (χ3n) is 3.62. The Balaban J connectivity index is 1.70. The molecule has 2 atom stereocenters. The van der Waals surface area contributed by atoms with Crippen LogP contribution in [0.1, 0.15) is 11.1 Å². The van der Waals surface area contributed by atoms with E-state index in [1.165, 1.54) is 17.7 Å². The second-order valence-electron chi connectivity index (χ2n) is 5.07. The van der Waals surface area contributed by atoms with Crippen molar-refractivity contribution in [1.82, 2.24) is 0 Å². The molecule has 2 unspecified atom stereocenters. The first kappa shape index (κ1) is 13.4. The van der Waals surface area contributed by atoms with Gasteiger partial charge in [0.1, 0.15) is 17.7 Å². The van der Waals surface area contributed by atoms with E-state index in [2.05, 4.69) is 0 Å². The number of hydrogen-bond acceptors (Lipinski definition) is 2. The summed E-state index contributed by atoms with van der Waals surface area (Å²) in [4.78, 5) is 0. The number of rotatable bonds is 3. The van der Waals surface area contributed by atoms with Crippen LogP contribution in [0.3, 0.4) is 0 Å². The predicted octanol–water partition coefficient (Wildman–Crippen LogP) is 3.35. The average Bonchev–Trinajstić information content (AvgIpc) is 2.86. The van der Waals surface area contributed by atoms with Crippen LogP contribution >= 0.6 is 11.6 Å². The molecule has 0 radical (unpaired) electrons. The Kier molecular flexibility index (Phi) is 3.64. The van der Waals surface area contributed by atoms with Crippen molar-refractivity contribution in [2.45, 2.75) is 25.0 Å². The average molecular weight is 292 g/mol. The number of hydrogen-bond donors (Lipinski definition) is 1. The van der Waals surface area contributed by atoms with Gasteiger partial charge in [-0.1, -0.05) is 35.9 Å². The van der Waals surface area contributed by atoms with Gasteiger partial charge in [0.25, 0.3) is 0 Å². The minimum atomic E-state index is -0.336. The van der Waals surface area contributed by atoms with Crippen molar-refractivity contribution in [2.24, 2.45) is 5.73 Å². The van der Waals surface area contributed by atoms with Crippen LogP contribution in [0.25, 0.3) is 0 Å². The van der Waals surface area contributed by atoms with E-state index in [0.717, 1.165) is 17.7 Å². The third kappa shape index (κ3) is 2.65. The molecule has 2 nitrogen and oxygen atoms in total. The highest BCUT2D eigenvalue weighted by atomic mass is 35.5. The maximum atomic E-state index is 13.0. The Bertz CT molecular complexity index is 607. The highest BCUT2D eigenvalue weighted by Crippen LogP contribution is 2.30. The normalized spacial score (nSPS) is 18.4. The van der Waals surface area contributed by atoms with Crippen molar-refractivity contribution < 1.29 is 9.13 Å². The van der Waals surface area contributed by atoms with Crippen molar-refractivity contribution in [3.63, 3.8) is 0 Å². The van der Waals surface area contributed by atoms with Crippen molar-refractivity contribution in [2.75, 3.05) is 0 Å². The summed E-state index contributed by atoms with van der Waals surface area (Å²) in [6, 6.07) is 12.2. The number of halogens is 2. The largest absolute Gasteiger partial charge is 0.488 e. The summed E-state index contributed by atoms with van der Waals surface area (Å²) in [5.41, 5.74) is 8.25. The van der Waals surface area contributed by atoms with Crippen LogP contribution in [0.5, 0.6) is 5.75 Å². The summed E-state index contributed by atoms with van der Waals surface area (Å²) in [7, 11) is 0. The lowest BCUT2D eigenvalue weighted by atomic mass is 9.98. The molecule has 0 bridgehead atoms. The lowest BCUT2D eigenvalue weighted by Gasteiger charge is -2.19. The summed E-state index contributed by atoms with van der Waals surface area (Å²) in [6.07, 6.45) is 1.31. The van der Waals surface area contributed by atoms with Gasteiger partial charge < -0.3 is 10.5 Å². The van der Waals surface area contributed by atoms with Crippen LogP contribution in [-0.4, -0.2) is 12.1 Å². The molecule has 2 aromatic rings. The molecule has 0 saturated carbocycles. The van der Waals surface area contributed by atoms with E-state index in [0.29, 0.717) is 11.4 Å². The Labute approximate surface area is 122 Å². The second-order valence-corrected chi connectivity index (χ2v) is 5.48. The first-order valence-corrected chi connectivity index (χ1v) is 6.95. The number of ether oxygens (including phenoxy) is 1. The van der Waals surface area contributed by atoms with Crippen LogP contribution in [0, 0.1) is 5.82 Å². The number of nitrogens with two attached hydrogens (primary N) is 1.